The highest BCUT2D eigenvalue weighted by Crippen LogP contribution is 2.44. The van der Waals surface area contributed by atoms with Crippen molar-refractivity contribution < 1.29 is 0 Å². The van der Waals surface area contributed by atoms with Crippen LogP contribution in [0.15, 0.2) is 212 Å². The fourth-order valence-corrected chi connectivity index (χ4v) is 11.1. The summed E-state index contributed by atoms with van der Waals surface area (Å²) in [5.74, 6) is 1.23. The van der Waals surface area contributed by atoms with Crippen molar-refractivity contribution in [2.75, 3.05) is 0 Å². The van der Waals surface area contributed by atoms with Crippen LogP contribution in [-0.2, 0) is 0 Å². The van der Waals surface area contributed by atoms with Gasteiger partial charge in [0.25, 0.3) is 0 Å². The summed E-state index contributed by atoms with van der Waals surface area (Å²) < 4.78 is 5.60. The lowest BCUT2D eigenvalue weighted by molar-refractivity contribution is 1.01. The van der Waals surface area contributed by atoms with Crippen LogP contribution < -0.4 is 0 Å². The van der Waals surface area contributed by atoms with Crippen LogP contribution in [0.3, 0.4) is 0 Å². The number of hydrogen-bond donors (Lipinski definition) is 0. The van der Waals surface area contributed by atoms with Crippen LogP contribution in [0.2, 0.25) is 0 Å². The molecule has 0 atom stereocenters. The summed E-state index contributed by atoms with van der Waals surface area (Å²) in [7, 11) is 0. The minimum Gasteiger partial charge on any atom is -0.277 e. The molecule has 5 heterocycles. The van der Waals surface area contributed by atoms with E-state index in [1.807, 2.05) is 30.3 Å². The molecule has 67 heavy (non-hydrogen) atoms. The van der Waals surface area contributed by atoms with Crippen LogP contribution in [0.1, 0.15) is 0 Å². The number of thiazole rings is 1. The van der Waals surface area contributed by atoms with Crippen molar-refractivity contribution in [3.63, 3.8) is 0 Å². The van der Waals surface area contributed by atoms with E-state index in [-0.39, 0.29) is 0 Å². The highest BCUT2D eigenvalue weighted by atomic mass is 32.1. The molecule has 312 valence electrons. The summed E-state index contributed by atoms with van der Waals surface area (Å²) in [4.78, 5) is 26.7. The Hall–Kier alpha value is -8.85. The van der Waals surface area contributed by atoms with E-state index in [0.29, 0.717) is 11.9 Å². The van der Waals surface area contributed by atoms with Crippen molar-refractivity contribution in [2.45, 2.75) is 0 Å². The molecule has 9 aromatic carbocycles. The summed E-state index contributed by atoms with van der Waals surface area (Å²) in [6.45, 7) is 0. The monoisotopic (exact) mass is 873 g/mol. The molecule has 0 aliphatic heterocycles. The van der Waals surface area contributed by atoms with Crippen molar-refractivity contribution in [3.05, 3.63) is 212 Å². The Bertz CT molecular complexity index is 4270. The number of para-hydroxylation sites is 4. The minimum absolute atomic E-state index is 0.609. The summed E-state index contributed by atoms with van der Waals surface area (Å²) in [5, 5.41) is 7.45. The normalized spacial score (nSPS) is 11.9. The molecule has 14 aromatic rings. The molecule has 5 aromatic heterocycles. The topological polar surface area (TPSA) is 74.3 Å². The van der Waals surface area contributed by atoms with Crippen LogP contribution in [0.4, 0.5) is 0 Å². The van der Waals surface area contributed by atoms with E-state index in [1.54, 1.807) is 11.3 Å². The van der Waals surface area contributed by atoms with Gasteiger partial charge in [-0.25, -0.2) is 24.9 Å². The van der Waals surface area contributed by atoms with E-state index < -0.39 is 0 Å². The van der Waals surface area contributed by atoms with Crippen molar-refractivity contribution in [2.24, 2.45) is 0 Å². The van der Waals surface area contributed by atoms with Gasteiger partial charge in [-0.05, 0) is 48.0 Å². The molecule has 8 heteroatoms. The number of fused-ring (bicyclic) bond motifs is 10. The lowest BCUT2D eigenvalue weighted by Crippen LogP contribution is -2.04. The molecule has 14 rings (SSSR count). The zero-order valence-corrected chi connectivity index (χ0v) is 36.6. The first-order chi connectivity index (χ1) is 33.2. The Labute approximate surface area is 387 Å². The van der Waals surface area contributed by atoms with Crippen molar-refractivity contribution >= 4 is 87.0 Å². The third-order valence-corrected chi connectivity index (χ3v) is 14.1. The van der Waals surface area contributed by atoms with Gasteiger partial charge < -0.3 is 0 Å². The standard InChI is InChI=1S/C59H35N7S/c1-4-17-36(18-5-1)52-44-24-10-13-28-47(44)61-58(63-52)65-50-30-15-12-23-41(50)42-27-16-26-40(54(42)65)39-31-34-51-46(35-39)43-32-33-49-56(67-57(60-49)38-21-8-3-9-22-38)55(43)66(51)59-62-48-29-14-11-25-45(48)53(64-59)37-19-6-2-7-20-37/h1-35H. The van der Waals surface area contributed by atoms with Crippen molar-refractivity contribution in [3.8, 4) is 56.1 Å². The summed E-state index contributed by atoms with van der Waals surface area (Å²) >= 11 is 1.71. The number of hydrogen-bond acceptors (Lipinski definition) is 6. The number of aromatic nitrogens is 7. The van der Waals surface area contributed by atoms with E-state index in [0.717, 1.165) is 120 Å². The smallest absolute Gasteiger partial charge is 0.235 e. The summed E-state index contributed by atoms with van der Waals surface area (Å²) in [5.41, 5.74) is 13.9. The molecular formula is C59H35N7S. The fourth-order valence-electron chi connectivity index (χ4n) is 9.98. The van der Waals surface area contributed by atoms with Gasteiger partial charge in [0.2, 0.25) is 11.9 Å². The molecule has 0 spiro atoms. The van der Waals surface area contributed by atoms with Crippen LogP contribution >= 0.6 is 11.3 Å². The lowest BCUT2D eigenvalue weighted by atomic mass is 10.00. The van der Waals surface area contributed by atoms with Crippen LogP contribution in [0.5, 0.6) is 0 Å². The molecule has 0 N–H and O–H groups in total. The highest BCUT2D eigenvalue weighted by molar-refractivity contribution is 7.22. The first kappa shape index (κ1) is 37.5. The van der Waals surface area contributed by atoms with Crippen LogP contribution in [-0.4, -0.2) is 34.1 Å². The largest absolute Gasteiger partial charge is 0.277 e. The van der Waals surface area contributed by atoms with Crippen LogP contribution in [0.25, 0.3) is 132 Å². The van der Waals surface area contributed by atoms with Gasteiger partial charge in [-0.15, -0.1) is 11.3 Å². The molecular weight excluding hydrogens is 839 g/mol. The Morgan fingerprint density at radius 3 is 1.49 bits per heavy atom. The predicted molar refractivity (Wildman–Crippen MR) is 276 cm³/mol. The van der Waals surface area contributed by atoms with Gasteiger partial charge >= 0.3 is 0 Å². The zero-order chi connectivity index (χ0) is 44.0. The van der Waals surface area contributed by atoms with E-state index in [1.165, 1.54) is 0 Å². The molecule has 0 saturated heterocycles. The molecule has 0 unspecified atom stereocenters. The number of benzene rings is 9. The Morgan fingerprint density at radius 2 is 0.836 bits per heavy atom. The summed E-state index contributed by atoms with van der Waals surface area (Å²) in [6.07, 6.45) is 0. The van der Waals surface area contributed by atoms with Gasteiger partial charge in [0.1, 0.15) is 5.01 Å². The second-order valence-corrected chi connectivity index (χ2v) is 17.8. The maximum atomic E-state index is 5.45. The quantitative estimate of drug-likeness (QED) is 0.166. The average molecular weight is 874 g/mol. The molecule has 0 aliphatic rings. The van der Waals surface area contributed by atoms with Gasteiger partial charge in [0, 0.05) is 54.6 Å². The third-order valence-electron chi connectivity index (χ3n) is 13.0. The molecule has 0 bridgehead atoms. The maximum Gasteiger partial charge on any atom is 0.235 e. The third kappa shape index (κ3) is 5.87. The number of nitrogens with zero attached hydrogens (tertiary/aromatic N) is 7. The Balaban J connectivity index is 1.06. The van der Waals surface area contributed by atoms with Gasteiger partial charge in [0.15, 0.2) is 0 Å². The van der Waals surface area contributed by atoms with E-state index in [9.17, 15) is 0 Å². The van der Waals surface area contributed by atoms with E-state index >= 15 is 0 Å². The van der Waals surface area contributed by atoms with Gasteiger partial charge in [-0.2, -0.15) is 0 Å². The minimum atomic E-state index is 0.609. The Kier molecular flexibility index (Phi) is 8.32. The van der Waals surface area contributed by atoms with Crippen molar-refractivity contribution in [1.29, 1.82) is 0 Å². The van der Waals surface area contributed by atoms with Gasteiger partial charge in [-0.1, -0.05) is 170 Å². The second kappa shape index (κ2) is 14.9. The van der Waals surface area contributed by atoms with Gasteiger partial charge in [-0.3, -0.25) is 9.13 Å². The molecule has 0 aliphatic carbocycles. The molecule has 0 radical (unpaired) electrons. The first-order valence-corrected chi connectivity index (χ1v) is 23.2. The summed E-state index contributed by atoms with van der Waals surface area (Å²) in [6, 6.07) is 74.2. The fraction of sp³-hybridized carbons (Fsp3) is 0. The predicted octanol–water partition coefficient (Wildman–Crippen LogP) is 15.0. The first-order valence-electron chi connectivity index (χ1n) is 22.3. The van der Waals surface area contributed by atoms with E-state index in [2.05, 4.69) is 191 Å². The van der Waals surface area contributed by atoms with E-state index in [4.69, 9.17) is 24.9 Å². The number of rotatable bonds is 6. The molecule has 0 saturated carbocycles. The average Bonchev–Trinajstić information content (AvgIpc) is 4.09. The molecule has 0 amide bonds. The lowest BCUT2D eigenvalue weighted by Gasteiger charge is -2.14. The SMILES string of the molecule is c1ccc(-c2nc3ccc4c5cc(-c6cccc7c8ccccc8n(-c8nc(-c9ccccc9)c9ccccc9n8)c67)ccc5n(-c5nc(-c6ccccc6)c6ccccc6n5)c4c3s2)cc1. The molecule has 7 nitrogen and oxygen atoms in total. The van der Waals surface area contributed by atoms with Crippen LogP contribution in [0, 0.1) is 0 Å². The van der Waals surface area contributed by atoms with Crippen molar-refractivity contribution in [1.82, 2.24) is 34.1 Å². The van der Waals surface area contributed by atoms with Gasteiger partial charge in [0.05, 0.1) is 54.7 Å². The maximum absolute atomic E-state index is 5.45. The second-order valence-electron chi connectivity index (χ2n) is 16.8. The Morgan fingerprint density at radius 1 is 0.313 bits per heavy atom. The highest BCUT2D eigenvalue weighted by Gasteiger charge is 2.24. The molecule has 0 fully saturated rings. The zero-order valence-electron chi connectivity index (χ0n) is 35.7.